The summed E-state index contributed by atoms with van der Waals surface area (Å²) in [7, 11) is 0. The van der Waals surface area contributed by atoms with Crippen molar-refractivity contribution in [2.24, 2.45) is 11.8 Å². The Morgan fingerprint density at radius 3 is 2.56 bits per heavy atom. The summed E-state index contributed by atoms with van der Waals surface area (Å²) < 4.78 is 59.7. The fourth-order valence-electron chi connectivity index (χ4n) is 4.99. The third kappa shape index (κ3) is 6.63. The van der Waals surface area contributed by atoms with Gasteiger partial charge in [-0.15, -0.1) is 5.10 Å². The Morgan fingerprint density at radius 2 is 1.95 bits per heavy atom. The average molecular weight is 555 g/mol. The van der Waals surface area contributed by atoms with Crippen LogP contribution >= 0.6 is 0 Å². The minimum absolute atomic E-state index is 0.0588. The molecule has 0 saturated heterocycles. The zero-order chi connectivity index (χ0) is 28.3. The molecular formula is C24H30F4N8O3. The van der Waals surface area contributed by atoms with Gasteiger partial charge < -0.3 is 10.6 Å². The summed E-state index contributed by atoms with van der Waals surface area (Å²) >= 11 is 0. The second-order valence-corrected chi connectivity index (χ2v) is 9.99. The molecule has 0 spiro atoms. The van der Waals surface area contributed by atoms with Crippen LogP contribution in [0.25, 0.3) is 0 Å². The number of alkyl halides is 3. The Bertz CT molecular complexity index is 1290. The number of halogens is 4. The predicted molar refractivity (Wildman–Crippen MR) is 129 cm³/mol. The van der Waals surface area contributed by atoms with Gasteiger partial charge in [0.05, 0.1) is 24.9 Å². The van der Waals surface area contributed by atoms with E-state index in [1.54, 1.807) is 6.92 Å². The number of nitrogens with zero attached hydrogens (tertiary/aromatic N) is 5. The summed E-state index contributed by atoms with van der Waals surface area (Å²) in [5.74, 6) is -2.03. The lowest BCUT2D eigenvalue weighted by Gasteiger charge is -2.32. The van der Waals surface area contributed by atoms with Crippen molar-refractivity contribution in [1.29, 1.82) is 0 Å². The molecule has 3 N–H and O–H groups in total. The highest BCUT2D eigenvalue weighted by Crippen LogP contribution is 2.32. The van der Waals surface area contributed by atoms with Crippen molar-refractivity contribution in [2.45, 2.75) is 77.6 Å². The number of aromatic amines is 1. The zero-order valence-electron chi connectivity index (χ0n) is 21.7. The Balaban J connectivity index is 1.55. The van der Waals surface area contributed by atoms with Crippen molar-refractivity contribution in [3.8, 4) is 0 Å². The first kappa shape index (κ1) is 28.2. The summed E-state index contributed by atoms with van der Waals surface area (Å²) in [6.07, 6.45) is 0.148. The van der Waals surface area contributed by atoms with E-state index in [1.807, 2.05) is 0 Å². The highest BCUT2D eigenvalue weighted by Gasteiger charge is 2.35. The second kappa shape index (κ2) is 11.5. The van der Waals surface area contributed by atoms with E-state index in [-0.39, 0.29) is 40.7 Å². The number of H-pyrrole nitrogens is 1. The molecule has 3 heterocycles. The molecular weight excluding hydrogens is 524 g/mol. The highest BCUT2D eigenvalue weighted by atomic mass is 19.4. The number of hydrogen-bond acceptors (Lipinski definition) is 7. The molecule has 1 aliphatic carbocycles. The van der Waals surface area contributed by atoms with E-state index in [2.05, 4.69) is 47.8 Å². The maximum atomic E-state index is 14.9. The molecule has 0 bridgehead atoms. The van der Waals surface area contributed by atoms with Crippen LogP contribution in [0.1, 0.15) is 79.4 Å². The van der Waals surface area contributed by atoms with E-state index in [0.29, 0.717) is 18.8 Å². The molecule has 212 valence electrons. The van der Waals surface area contributed by atoms with E-state index in [4.69, 9.17) is 0 Å². The number of aromatic nitrogens is 6. The van der Waals surface area contributed by atoms with Crippen LogP contribution in [0.4, 0.5) is 23.2 Å². The lowest BCUT2D eigenvalue weighted by molar-refractivity contribution is -0.128. The number of carbonyl (C=O) groups excluding carboxylic acids is 2. The van der Waals surface area contributed by atoms with Crippen molar-refractivity contribution in [2.75, 3.05) is 5.32 Å². The molecule has 0 aromatic carbocycles. The second-order valence-electron chi connectivity index (χ2n) is 9.99. The first-order chi connectivity index (χ1) is 18.5. The standard InChI is InChI=1S/C24H30F4N8O3/c1-4-18(15-10-29-32-16(15)9-24(26,27)28)36-11-17(21(25)33-36)30-23(38)20(14-7-5-12(2)6-8-14)31-22(37)19-13(3)34-39-35-19/h10-12,14,18,20H,4-9H2,1-3H3,(H,29,32)(H,30,38)(H,31,37)/t12?,14?,18?,20-/m0/s1. The third-order valence-corrected chi connectivity index (χ3v) is 7.11. The maximum Gasteiger partial charge on any atom is 0.394 e. The number of aryl methyl sites for hydroxylation is 1. The smallest absolute Gasteiger partial charge is 0.338 e. The number of anilines is 1. The number of amides is 2. The molecule has 1 unspecified atom stereocenters. The normalized spacial score (nSPS) is 19.5. The Kier molecular flexibility index (Phi) is 8.35. The molecule has 39 heavy (non-hydrogen) atoms. The van der Waals surface area contributed by atoms with Gasteiger partial charge in [-0.1, -0.05) is 31.8 Å². The van der Waals surface area contributed by atoms with Crippen LogP contribution in [0.15, 0.2) is 17.0 Å². The monoisotopic (exact) mass is 554 g/mol. The Labute approximate surface area is 221 Å². The SMILES string of the molecule is CCC(c1cn[nH]c1CC(F)(F)F)n1cc(NC(=O)[C@@H](NC(=O)c2nonc2C)C2CCC(C)CC2)c(F)n1. The van der Waals surface area contributed by atoms with Gasteiger partial charge in [-0.2, -0.15) is 22.7 Å². The van der Waals surface area contributed by atoms with Crippen LogP contribution in [-0.4, -0.2) is 54.3 Å². The highest BCUT2D eigenvalue weighted by molar-refractivity contribution is 6.00. The minimum atomic E-state index is -4.47. The van der Waals surface area contributed by atoms with Gasteiger partial charge in [0.15, 0.2) is 5.69 Å². The van der Waals surface area contributed by atoms with Crippen LogP contribution < -0.4 is 10.6 Å². The van der Waals surface area contributed by atoms with Crippen LogP contribution in [0, 0.1) is 24.7 Å². The molecule has 1 saturated carbocycles. The molecule has 3 aromatic rings. The number of rotatable bonds is 9. The average Bonchev–Trinajstić information content (AvgIpc) is 3.59. The van der Waals surface area contributed by atoms with E-state index >= 15 is 0 Å². The molecule has 0 aliphatic heterocycles. The van der Waals surface area contributed by atoms with Gasteiger partial charge in [0.25, 0.3) is 11.9 Å². The van der Waals surface area contributed by atoms with Gasteiger partial charge in [-0.3, -0.25) is 19.4 Å². The molecule has 15 heteroatoms. The fraction of sp³-hybridized carbons (Fsp3) is 0.583. The van der Waals surface area contributed by atoms with Gasteiger partial charge in [-0.05, 0) is 43.2 Å². The van der Waals surface area contributed by atoms with Crippen molar-refractivity contribution in [3.63, 3.8) is 0 Å². The third-order valence-electron chi connectivity index (χ3n) is 7.11. The summed E-state index contributed by atoms with van der Waals surface area (Å²) in [6.45, 7) is 5.36. The lowest BCUT2D eigenvalue weighted by Crippen LogP contribution is -2.49. The van der Waals surface area contributed by atoms with Crippen LogP contribution in [0.5, 0.6) is 0 Å². The summed E-state index contributed by atoms with van der Waals surface area (Å²) in [6, 6.07) is -1.77. The molecule has 1 fully saturated rings. The first-order valence-corrected chi connectivity index (χ1v) is 12.7. The van der Waals surface area contributed by atoms with Gasteiger partial charge >= 0.3 is 6.18 Å². The fourth-order valence-corrected chi connectivity index (χ4v) is 4.99. The molecule has 1 aliphatic rings. The number of carbonyl (C=O) groups is 2. The van der Waals surface area contributed by atoms with E-state index in [0.717, 1.165) is 17.5 Å². The predicted octanol–water partition coefficient (Wildman–Crippen LogP) is 4.10. The molecule has 11 nitrogen and oxygen atoms in total. The van der Waals surface area contributed by atoms with Crippen molar-refractivity contribution in [3.05, 3.63) is 41.0 Å². The quantitative estimate of drug-likeness (QED) is 0.338. The van der Waals surface area contributed by atoms with Gasteiger partial charge in [0, 0.05) is 11.3 Å². The van der Waals surface area contributed by atoms with Crippen LogP contribution in [0.2, 0.25) is 0 Å². The molecule has 3 aromatic heterocycles. The van der Waals surface area contributed by atoms with Gasteiger partial charge in [-0.25, -0.2) is 4.63 Å². The summed E-state index contributed by atoms with van der Waals surface area (Å²) in [4.78, 5) is 26.2. The van der Waals surface area contributed by atoms with Gasteiger partial charge in [0.2, 0.25) is 5.91 Å². The molecule has 2 atom stereocenters. The topological polar surface area (TPSA) is 144 Å². The van der Waals surface area contributed by atoms with Gasteiger partial charge in [0.1, 0.15) is 17.4 Å². The Morgan fingerprint density at radius 1 is 1.23 bits per heavy atom. The van der Waals surface area contributed by atoms with E-state index < -0.39 is 42.4 Å². The molecule has 2 amide bonds. The summed E-state index contributed by atoms with van der Waals surface area (Å²) in [5.41, 5.74) is 0.000556. The maximum absolute atomic E-state index is 14.9. The van der Waals surface area contributed by atoms with Crippen molar-refractivity contribution in [1.82, 2.24) is 35.6 Å². The molecule has 4 rings (SSSR count). The van der Waals surface area contributed by atoms with Crippen LogP contribution in [-0.2, 0) is 11.2 Å². The number of nitrogens with one attached hydrogen (secondary N) is 3. The largest absolute Gasteiger partial charge is 0.394 e. The van der Waals surface area contributed by atoms with Crippen LogP contribution in [0.3, 0.4) is 0 Å². The van der Waals surface area contributed by atoms with E-state index in [1.165, 1.54) is 19.3 Å². The molecule has 0 radical (unpaired) electrons. The zero-order valence-corrected chi connectivity index (χ0v) is 21.7. The summed E-state index contributed by atoms with van der Waals surface area (Å²) in [5, 5.41) is 22.3. The lowest BCUT2D eigenvalue weighted by atomic mass is 9.79. The van der Waals surface area contributed by atoms with E-state index in [9.17, 15) is 27.2 Å². The first-order valence-electron chi connectivity index (χ1n) is 12.7. The Hall–Kier alpha value is -3.78. The van der Waals surface area contributed by atoms with Crippen molar-refractivity contribution < 1.29 is 31.8 Å². The van der Waals surface area contributed by atoms with Crippen molar-refractivity contribution >= 4 is 17.5 Å². The number of hydrogen-bond donors (Lipinski definition) is 3. The minimum Gasteiger partial charge on any atom is -0.338 e.